The maximum atomic E-state index is 12.3. The molecule has 0 aromatic heterocycles. The molecular weight excluding hydrogens is 266 g/mol. The van der Waals surface area contributed by atoms with Crippen molar-refractivity contribution in [3.05, 3.63) is 24.3 Å². The first kappa shape index (κ1) is 15.7. The number of carbonyl (C=O) groups excluding carboxylic acids is 1. The van der Waals surface area contributed by atoms with E-state index in [9.17, 15) is 4.79 Å². The Hall–Kier alpha value is -1.71. The number of rotatable bonds is 9. The van der Waals surface area contributed by atoms with E-state index in [1.165, 1.54) is 12.8 Å². The van der Waals surface area contributed by atoms with Gasteiger partial charge < -0.3 is 14.4 Å². The smallest absolute Gasteiger partial charge is 0.260 e. The van der Waals surface area contributed by atoms with Crippen molar-refractivity contribution >= 4 is 5.91 Å². The summed E-state index contributed by atoms with van der Waals surface area (Å²) in [6, 6.07) is 7.48. The van der Waals surface area contributed by atoms with Crippen molar-refractivity contribution in [3.8, 4) is 11.5 Å². The summed E-state index contributed by atoms with van der Waals surface area (Å²) < 4.78 is 11.2. The Kier molecular flexibility index (Phi) is 5.90. The van der Waals surface area contributed by atoms with Crippen LogP contribution in [0.5, 0.6) is 11.5 Å². The lowest BCUT2D eigenvalue weighted by Gasteiger charge is -2.22. The van der Waals surface area contributed by atoms with E-state index in [1.807, 2.05) is 36.1 Å². The first-order valence-corrected chi connectivity index (χ1v) is 7.87. The van der Waals surface area contributed by atoms with Crippen molar-refractivity contribution < 1.29 is 14.3 Å². The molecule has 0 aliphatic heterocycles. The first-order valence-electron chi connectivity index (χ1n) is 7.87. The SMILES string of the molecule is CCCN(CC1CC1)C(=O)COc1ccccc1OCC. The lowest BCUT2D eigenvalue weighted by molar-refractivity contribution is -0.133. The fourth-order valence-electron chi connectivity index (χ4n) is 2.27. The van der Waals surface area contributed by atoms with Crippen molar-refractivity contribution in [3.63, 3.8) is 0 Å². The molecule has 0 unspecified atom stereocenters. The highest BCUT2D eigenvalue weighted by Crippen LogP contribution is 2.30. The van der Waals surface area contributed by atoms with Gasteiger partial charge in [0.25, 0.3) is 5.91 Å². The molecule has 4 nitrogen and oxygen atoms in total. The van der Waals surface area contributed by atoms with Crippen LogP contribution < -0.4 is 9.47 Å². The Bertz CT molecular complexity index is 457. The molecule has 0 bridgehead atoms. The van der Waals surface area contributed by atoms with E-state index in [-0.39, 0.29) is 12.5 Å². The summed E-state index contributed by atoms with van der Waals surface area (Å²) in [6.45, 7) is 6.38. The number of amides is 1. The average molecular weight is 291 g/mol. The summed E-state index contributed by atoms with van der Waals surface area (Å²) in [4.78, 5) is 14.2. The van der Waals surface area contributed by atoms with Gasteiger partial charge in [0.05, 0.1) is 6.61 Å². The summed E-state index contributed by atoms with van der Waals surface area (Å²) in [5.74, 6) is 2.10. The van der Waals surface area contributed by atoms with Gasteiger partial charge in [0.1, 0.15) is 0 Å². The molecule has 1 aliphatic rings. The van der Waals surface area contributed by atoms with Gasteiger partial charge in [0.2, 0.25) is 0 Å². The number of nitrogens with zero attached hydrogens (tertiary/aromatic N) is 1. The minimum atomic E-state index is 0.0649. The summed E-state index contributed by atoms with van der Waals surface area (Å²) in [6.07, 6.45) is 3.48. The van der Waals surface area contributed by atoms with Crippen molar-refractivity contribution in [2.24, 2.45) is 5.92 Å². The first-order chi connectivity index (χ1) is 10.2. The van der Waals surface area contributed by atoms with Crippen LogP contribution >= 0.6 is 0 Å². The van der Waals surface area contributed by atoms with E-state index < -0.39 is 0 Å². The highest BCUT2D eigenvalue weighted by molar-refractivity contribution is 5.77. The molecule has 21 heavy (non-hydrogen) atoms. The molecule has 0 saturated heterocycles. The standard InChI is InChI=1S/C17H25NO3/c1-3-11-18(12-14-9-10-14)17(19)13-21-16-8-6-5-7-15(16)20-4-2/h5-8,14H,3-4,9-13H2,1-2H3. The fourth-order valence-corrected chi connectivity index (χ4v) is 2.27. The largest absolute Gasteiger partial charge is 0.490 e. The van der Waals surface area contributed by atoms with Gasteiger partial charge in [-0.05, 0) is 44.2 Å². The van der Waals surface area contributed by atoms with Gasteiger partial charge in [-0.1, -0.05) is 19.1 Å². The van der Waals surface area contributed by atoms with Crippen LogP contribution in [0.3, 0.4) is 0 Å². The Labute approximate surface area is 127 Å². The average Bonchev–Trinajstić information content (AvgIpc) is 3.30. The van der Waals surface area contributed by atoms with Crippen LogP contribution in [0, 0.1) is 5.92 Å². The minimum absolute atomic E-state index is 0.0649. The van der Waals surface area contributed by atoms with Gasteiger partial charge >= 0.3 is 0 Å². The molecule has 1 saturated carbocycles. The molecule has 4 heteroatoms. The fraction of sp³-hybridized carbons (Fsp3) is 0.588. The Morgan fingerprint density at radius 3 is 2.43 bits per heavy atom. The molecule has 116 valence electrons. The molecule has 1 fully saturated rings. The van der Waals surface area contributed by atoms with Crippen LogP contribution in [0.1, 0.15) is 33.1 Å². The molecule has 0 atom stereocenters. The molecule has 1 amide bonds. The third kappa shape index (κ3) is 4.96. The van der Waals surface area contributed by atoms with Gasteiger partial charge in [-0.25, -0.2) is 0 Å². The highest BCUT2D eigenvalue weighted by Gasteiger charge is 2.26. The molecule has 0 N–H and O–H groups in total. The van der Waals surface area contributed by atoms with Gasteiger partial charge in [0, 0.05) is 13.1 Å². The quantitative estimate of drug-likeness (QED) is 0.701. The van der Waals surface area contributed by atoms with Crippen molar-refractivity contribution in [2.45, 2.75) is 33.1 Å². The van der Waals surface area contributed by atoms with Gasteiger partial charge in [-0.3, -0.25) is 4.79 Å². The molecule has 0 radical (unpaired) electrons. The van der Waals surface area contributed by atoms with E-state index in [1.54, 1.807) is 0 Å². The topological polar surface area (TPSA) is 38.8 Å². The number of benzene rings is 1. The number of para-hydroxylation sites is 2. The number of hydrogen-bond donors (Lipinski definition) is 0. The molecule has 0 heterocycles. The van der Waals surface area contributed by atoms with Crippen LogP contribution in [0.4, 0.5) is 0 Å². The van der Waals surface area contributed by atoms with Crippen LogP contribution in [0.15, 0.2) is 24.3 Å². The predicted octanol–water partition coefficient (Wildman–Crippen LogP) is 3.11. The normalized spacial score (nSPS) is 13.8. The zero-order valence-electron chi connectivity index (χ0n) is 13.0. The van der Waals surface area contributed by atoms with Gasteiger partial charge in [-0.2, -0.15) is 0 Å². The maximum Gasteiger partial charge on any atom is 0.260 e. The number of hydrogen-bond acceptors (Lipinski definition) is 3. The van der Waals surface area contributed by atoms with Gasteiger partial charge in [-0.15, -0.1) is 0 Å². The van der Waals surface area contributed by atoms with Crippen molar-refractivity contribution in [2.75, 3.05) is 26.3 Å². The summed E-state index contributed by atoms with van der Waals surface area (Å²) >= 11 is 0. The molecular formula is C17H25NO3. The lowest BCUT2D eigenvalue weighted by Crippen LogP contribution is -2.37. The zero-order valence-corrected chi connectivity index (χ0v) is 13.0. The Balaban J connectivity index is 1.89. The van der Waals surface area contributed by atoms with Crippen LogP contribution in [0.25, 0.3) is 0 Å². The lowest BCUT2D eigenvalue weighted by atomic mass is 10.3. The van der Waals surface area contributed by atoms with Crippen LogP contribution in [-0.2, 0) is 4.79 Å². The Morgan fingerprint density at radius 2 is 1.86 bits per heavy atom. The zero-order chi connectivity index (χ0) is 15.1. The highest BCUT2D eigenvalue weighted by atomic mass is 16.5. The molecule has 1 aromatic rings. The number of carbonyl (C=O) groups is 1. The van der Waals surface area contributed by atoms with Crippen LogP contribution in [-0.4, -0.2) is 37.1 Å². The summed E-state index contributed by atoms with van der Waals surface area (Å²) in [5, 5.41) is 0. The second kappa shape index (κ2) is 7.91. The van der Waals surface area contributed by atoms with Gasteiger partial charge in [0.15, 0.2) is 18.1 Å². The maximum absolute atomic E-state index is 12.3. The van der Waals surface area contributed by atoms with E-state index in [2.05, 4.69) is 6.92 Å². The van der Waals surface area contributed by atoms with E-state index in [0.717, 1.165) is 19.5 Å². The molecule has 0 spiro atoms. The number of ether oxygens (including phenoxy) is 2. The predicted molar refractivity (Wildman–Crippen MR) is 82.7 cm³/mol. The minimum Gasteiger partial charge on any atom is -0.490 e. The van der Waals surface area contributed by atoms with E-state index in [0.29, 0.717) is 24.0 Å². The second-order valence-corrected chi connectivity index (χ2v) is 5.45. The van der Waals surface area contributed by atoms with E-state index in [4.69, 9.17) is 9.47 Å². The molecule has 2 rings (SSSR count). The third-order valence-corrected chi connectivity index (χ3v) is 3.52. The molecule has 1 aromatic carbocycles. The summed E-state index contributed by atoms with van der Waals surface area (Å²) in [5.41, 5.74) is 0. The Morgan fingerprint density at radius 1 is 1.19 bits per heavy atom. The van der Waals surface area contributed by atoms with E-state index >= 15 is 0 Å². The van der Waals surface area contributed by atoms with Crippen LogP contribution in [0.2, 0.25) is 0 Å². The third-order valence-electron chi connectivity index (χ3n) is 3.52. The summed E-state index contributed by atoms with van der Waals surface area (Å²) in [7, 11) is 0. The van der Waals surface area contributed by atoms with Crippen molar-refractivity contribution in [1.29, 1.82) is 0 Å². The second-order valence-electron chi connectivity index (χ2n) is 5.45. The molecule has 1 aliphatic carbocycles. The van der Waals surface area contributed by atoms with Crippen molar-refractivity contribution in [1.82, 2.24) is 4.90 Å². The monoisotopic (exact) mass is 291 g/mol.